The van der Waals surface area contributed by atoms with Gasteiger partial charge in [0.15, 0.2) is 5.78 Å². The van der Waals surface area contributed by atoms with Crippen molar-refractivity contribution in [1.29, 1.82) is 0 Å². The third kappa shape index (κ3) is 3.80. The molecule has 0 aliphatic rings. The number of hydrogen-bond acceptors (Lipinski definition) is 2. The second kappa shape index (κ2) is 7.92. The average molecular weight is 342 g/mol. The molecule has 0 radical (unpaired) electrons. The number of Topliss-reactive ketones (excluding diaryl/α,β-unsaturated/α-hetero) is 2. The lowest BCUT2D eigenvalue weighted by molar-refractivity contribution is -0.119. The van der Waals surface area contributed by atoms with Crippen LogP contribution >= 0.6 is 0 Å². The Morgan fingerprint density at radius 3 is 1.73 bits per heavy atom. The first-order chi connectivity index (χ1) is 12.6. The molecule has 3 aromatic rings. The summed E-state index contributed by atoms with van der Waals surface area (Å²) in [5, 5.41) is 0. The maximum atomic E-state index is 13.2. The number of carbonyl (C=O) groups is 2. The highest BCUT2D eigenvalue weighted by molar-refractivity contribution is 6.11. The largest absolute Gasteiger partial charge is 0.299 e. The Morgan fingerprint density at radius 2 is 1.19 bits per heavy atom. The summed E-state index contributed by atoms with van der Waals surface area (Å²) >= 11 is 0. The standard InChI is InChI=1S/C24H22O2/c1-17-13-15-20(16-14-17)23(19-9-5-3-6-10-19)22(18(2)25)24(26)21-11-7-4-8-12-21/h3-16,22-23H,1-2H3. The second-order valence-corrected chi connectivity index (χ2v) is 6.62. The molecule has 2 unspecified atom stereocenters. The van der Waals surface area contributed by atoms with Crippen LogP contribution in [0.25, 0.3) is 0 Å². The Morgan fingerprint density at radius 1 is 0.692 bits per heavy atom. The van der Waals surface area contributed by atoms with Crippen molar-refractivity contribution in [2.24, 2.45) is 5.92 Å². The summed E-state index contributed by atoms with van der Waals surface area (Å²) in [5.74, 6) is -1.30. The zero-order valence-electron chi connectivity index (χ0n) is 15.1. The third-order valence-corrected chi connectivity index (χ3v) is 4.71. The molecule has 130 valence electrons. The number of benzene rings is 3. The summed E-state index contributed by atoms with van der Waals surface area (Å²) in [6, 6.07) is 26.9. The van der Waals surface area contributed by atoms with E-state index < -0.39 is 5.92 Å². The molecule has 2 atom stereocenters. The van der Waals surface area contributed by atoms with Crippen LogP contribution in [0, 0.1) is 12.8 Å². The lowest BCUT2D eigenvalue weighted by Crippen LogP contribution is -2.29. The number of ketones is 2. The van der Waals surface area contributed by atoms with Crippen LogP contribution in [0.2, 0.25) is 0 Å². The number of aryl methyl sites for hydroxylation is 1. The van der Waals surface area contributed by atoms with Gasteiger partial charge in [-0.15, -0.1) is 0 Å². The Bertz CT molecular complexity index is 881. The normalized spacial score (nSPS) is 13.0. The van der Waals surface area contributed by atoms with E-state index in [-0.39, 0.29) is 17.5 Å². The van der Waals surface area contributed by atoms with Crippen LogP contribution < -0.4 is 0 Å². The molecule has 0 fully saturated rings. The fraction of sp³-hybridized carbons (Fsp3) is 0.167. The van der Waals surface area contributed by atoms with Gasteiger partial charge in [-0.25, -0.2) is 0 Å². The van der Waals surface area contributed by atoms with Gasteiger partial charge in [-0.1, -0.05) is 90.5 Å². The van der Waals surface area contributed by atoms with Crippen LogP contribution in [0.4, 0.5) is 0 Å². The topological polar surface area (TPSA) is 34.1 Å². The van der Waals surface area contributed by atoms with Gasteiger partial charge in [0.05, 0.1) is 5.92 Å². The molecule has 0 heterocycles. The number of carbonyl (C=O) groups excluding carboxylic acids is 2. The molecule has 0 amide bonds. The summed E-state index contributed by atoms with van der Waals surface area (Å²) in [6.07, 6.45) is 0. The van der Waals surface area contributed by atoms with Crippen LogP contribution in [0.1, 0.15) is 39.9 Å². The van der Waals surface area contributed by atoms with Gasteiger partial charge in [-0.2, -0.15) is 0 Å². The van der Waals surface area contributed by atoms with Gasteiger partial charge in [0.2, 0.25) is 0 Å². The lowest BCUT2D eigenvalue weighted by Gasteiger charge is -2.25. The van der Waals surface area contributed by atoms with Gasteiger partial charge < -0.3 is 0 Å². The van der Waals surface area contributed by atoms with Gasteiger partial charge in [0.25, 0.3) is 0 Å². The van der Waals surface area contributed by atoms with Crippen molar-refractivity contribution in [1.82, 2.24) is 0 Å². The van der Waals surface area contributed by atoms with Crippen LogP contribution in [0.3, 0.4) is 0 Å². The lowest BCUT2D eigenvalue weighted by atomic mass is 9.75. The maximum absolute atomic E-state index is 13.2. The first kappa shape index (κ1) is 17.8. The van der Waals surface area contributed by atoms with Crippen LogP contribution in [-0.2, 0) is 4.79 Å². The molecular weight excluding hydrogens is 320 g/mol. The SMILES string of the molecule is CC(=O)C(C(=O)c1ccccc1)C(c1ccccc1)c1ccc(C)cc1. The molecule has 26 heavy (non-hydrogen) atoms. The molecule has 0 saturated carbocycles. The van der Waals surface area contributed by atoms with E-state index >= 15 is 0 Å². The van der Waals surface area contributed by atoms with E-state index in [9.17, 15) is 9.59 Å². The second-order valence-electron chi connectivity index (χ2n) is 6.62. The predicted octanol–water partition coefficient (Wildman–Crippen LogP) is 5.22. The highest BCUT2D eigenvalue weighted by Crippen LogP contribution is 2.35. The minimum absolute atomic E-state index is 0.117. The predicted molar refractivity (Wildman–Crippen MR) is 104 cm³/mol. The molecule has 3 aromatic carbocycles. The van der Waals surface area contributed by atoms with E-state index in [1.807, 2.05) is 79.7 Å². The molecule has 0 aliphatic heterocycles. The summed E-state index contributed by atoms with van der Waals surface area (Å²) in [4.78, 5) is 25.8. The van der Waals surface area contributed by atoms with Crippen LogP contribution in [0.15, 0.2) is 84.9 Å². The zero-order valence-corrected chi connectivity index (χ0v) is 15.1. The Balaban J connectivity index is 2.12. The average Bonchev–Trinajstić information content (AvgIpc) is 2.67. The smallest absolute Gasteiger partial charge is 0.174 e. The monoisotopic (exact) mass is 342 g/mol. The highest BCUT2D eigenvalue weighted by atomic mass is 16.1. The minimum Gasteiger partial charge on any atom is -0.299 e. The van der Waals surface area contributed by atoms with Crippen LogP contribution in [-0.4, -0.2) is 11.6 Å². The van der Waals surface area contributed by atoms with E-state index in [2.05, 4.69) is 0 Å². The molecule has 3 rings (SSSR count). The van der Waals surface area contributed by atoms with E-state index in [0.717, 1.165) is 16.7 Å². The van der Waals surface area contributed by atoms with E-state index in [1.54, 1.807) is 12.1 Å². The van der Waals surface area contributed by atoms with Crippen molar-refractivity contribution in [2.45, 2.75) is 19.8 Å². The minimum atomic E-state index is -0.748. The van der Waals surface area contributed by atoms with Crippen molar-refractivity contribution in [3.05, 3.63) is 107 Å². The van der Waals surface area contributed by atoms with Gasteiger partial charge >= 0.3 is 0 Å². The highest BCUT2D eigenvalue weighted by Gasteiger charge is 2.34. The summed E-state index contributed by atoms with van der Waals surface area (Å²) in [7, 11) is 0. The van der Waals surface area contributed by atoms with Crippen molar-refractivity contribution < 1.29 is 9.59 Å². The molecule has 0 N–H and O–H groups in total. The van der Waals surface area contributed by atoms with Crippen LogP contribution in [0.5, 0.6) is 0 Å². The van der Waals surface area contributed by atoms with E-state index in [0.29, 0.717) is 5.56 Å². The zero-order chi connectivity index (χ0) is 18.5. The van der Waals surface area contributed by atoms with Gasteiger partial charge in [-0.3, -0.25) is 9.59 Å². The Hall–Kier alpha value is -3.00. The first-order valence-electron chi connectivity index (χ1n) is 8.79. The number of rotatable bonds is 6. The van der Waals surface area contributed by atoms with Crippen molar-refractivity contribution in [3.8, 4) is 0 Å². The van der Waals surface area contributed by atoms with Crippen molar-refractivity contribution in [3.63, 3.8) is 0 Å². The molecule has 2 heteroatoms. The maximum Gasteiger partial charge on any atom is 0.174 e. The summed E-state index contributed by atoms with van der Waals surface area (Å²) in [6.45, 7) is 3.54. The van der Waals surface area contributed by atoms with Crippen molar-refractivity contribution >= 4 is 11.6 Å². The molecule has 0 bridgehead atoms. The third-order valence-electron chi connectivity index (χ3n) is 4.71. The van der Waals surface area contributed by atoms with Gasteiger partial charge in [0, 0.05) is 11.5 Å². The number of hydrogen-bond donors (Lipinski definition) is 0. The van der Waals surface area contributed by atoms with Gasteiger partial charge in [0.1, 0.15) is 5.78 Å². The fourth-order valence-corrected chi connectivity index (χ4v) is 3.36. The molecule has 0 aliphatic carbocycles. The molecule has 0 spiro atoms. The molecule has 0 aromatic heterocycles. The van der Waals surface area contributed by atoms with Crippen molar-refractivity contribution in [2.75, 3.05) is 0 Å². The van der Waals surface area contributed by atoms with Gasteiger partial charge in [-0.05, 0) is 25.0 Å². The first-order valence-corrected chi connectivity index (χ1v) is 8.79. The van der Waals surface area contributed by atoms with E-state index in [1.165, 1.54) is 6.92 Å². The Labute approximate surface area is 154 Å². The Kier molecular flexibility index (Phi) is 5.43. The summed E-state index contributed by atoms with van der Waals surface area (Å²) in [5.41, 5.74) is 3.67. The molecule has 2 nitrogen and oxygen atoms in total. The fourth-order valence-electron chi connectivity index (χ4n) is 3.36. The summed E-state index contributed by atoms with van der Waals surface area (Å²) < 4.78 is 0. The molecule has 0 saturated heterocycles. The van der Waals surface area contributed by atoms with E-state index in [4.69, 9.17) is 0 Å². The molecular formula is C24H22O2. The quantitative estimate of drug-likeness (QED) is 0.455.